The SMILES string of the molecule is C/C=C(\CN1CCC(F)(F)C1)C(=O)Nc1ccccc1.CCN1C(=O)C(NC(=O)c2nccc(C(F)(F)F)n2)Cc2cnn(-c3ccccc3)c21. The van der Waals surface area contributed by atoms with Crippen molar-refractivity contribution < 1.29 is 36.3 Å². The molecule has 11 nitrogen and oxygen atoms in total. The Morgan fingerprint density at radius 1 is 1.04 bits per heavy atom. The van der Waals surface area contributed by atoms with E-state index >= 15 is 0 Å². The second kappa shape index (κ2) is 15.6. The number of carbonyl (C=O) groups is 3. The number of fused-ring (bicyclic) bond motifs is 1. The molecular formula is C35H35F5N8O3. The maximum absolute atomic E-state index is 13.1. The Morgan fingerprint density at radius 2 is 1.73 bits per heavy atom. The number of allylic oxidation sites excluding steroid dienone is 1. The third-order valence-corrected chi connectivity index (χ3v) is 8.15. The van der Waals surface area contributed by atoms with E-state index < -0.39 is 41.5 Å². The molecule has 0 bridgehead atoms. The van der Waals surface area contributed by atoms with E-state index in [0.29, 0.717) is 36.2 Å². The minimum atomic E-state index is -4.71. The lowest BCUT2D eigenvalue weighted by Gasteiger charge is -2.32. The molecule has 0 spiro atoms. The van der Waals surface area contributed by atoms with Gasteiger partial charge in [-0.3, -0.25) is 24.2 Å². The summed E-state index contributed by atoms with van der Waals surface area (Å²) in [6.45, 7) is 4.14. The highest BCUT2D eigenvalue weighted by Gasteiger charge is 2.39. The molecule has 1 fully saturated rings. The predicted octanol–water partition coefficient (Wildman–Crippen LogP) is 5.30. The molecule has 1 saturated heterocycles. The molecule has 2 aliphatic rings. The first kappa shape index (κ1) is 36.8. The lowest BCUT2D eigenvalue weighted by Crippen LogP contribution is -2.53. The van der Waals surface area contributed by atoms with Crippen LogP contribution in [-0.4, -0.2) is 80.5 Å². The summed E-state index contributed by atoms with van der Waals surface area (Å²) < 4.78 is 66.5. The number of alkyl halides is 5. The van der Waals surface area contributed by atoms with Crippen molar-refractivity contribution in [3.8, 4) is 5.69 Å². The monoisotopic (exact) mass is 710 g/mol. The van der Waals surface area contributed by atoms with Gasteiger partial charge in [-0.05, 0) is 44.2 Å². The van der Waals surface area contributed by atoms with Crippen molar-refractivity contribution in [1.29, 1.82) is 0 Å². The van der Waals surface area contributed by atoms with Gasteiger partial charge in [-0.25, -0.2) is 23.4 Å². The molecule has 2 aromatic heterocycles. The molecule has 6 rings (SSSR count). The van der Waals surface area contributed by atoms with E-state index in [9.17, 15) is 36.3 Å². The lowest BCUT2D eigenvalue weighted by atomic mass is 10.0. The number of anilines is 2. The molecule has 4 aromatic rings. The molecule has 268 valence electrons. The van der Waals surface area contributed by atoms with Gasteiger partial charge < -0.3 is 10.6 Å². The summed E-state index contributed by atoms with van der Waals surface area (Å²) in [6.07, 6.45) is -0.565. The summed E-state index contributed by atoms with van der Waals surface area (Å²) in [5.41, 5.74) is 1.47. The van der Waals surface area contributed by atoms with Gasteiger partial charge in [0.25, 0.3) is 23.6 Å². The van der Waals surface area contributed by atoms with E-state index in [1.165, 1.54) is 4.90 Å². The lowest BCUT2D eigenvalue weighted by molar-refractivity contribution is -0.141. The van der Waals surface area contributed by atoms with E-state index in [0.717, 1.165) is 17.4 Å². The second-order valence-corrected chi connectivity index (χ2v) is 11.8. The smallest absolute Gasteiger partial charge is 0.337 e. The fourth-order valence-electron chi connectivity index (χ4n) is 5.64. The van der Waals surface area contributed by atoms with Crippen LogP contribution in [0.2, 0.25) is 0 Å². The Hall–Kier alpha value is -5.51. The highest BCUT2D eigenvalue weighted by atomic mass is 19.4. The molecule has 1 unspecified atom stereocenters. The summed E-state index contributed by atoms with van der Waals surface area (Å²) in [5.74, 6) is -4.29. The molecular weight excluding hydrogens is 675 g/mol. The minimum Gasteiger partial charge on any atom is -0.337 e. The van der Waals surface area contributed by atoms with Crippen LogP contribution in [0.1, 0.15) is 42.1 Å². The molecule has 2 aromatic carbocycles. The van der Waals surface area contributed by atoms with Crippen LogP contribution in [0, 0.1) is 0 Å². The fourth-order valence-corrected chi connectivity index (χ4v) is 5.64. The van der Waals surface area contributed by atoms with Crippen molar-refractivity contribution in [3.63, 3.8) is 0 Å². The van der Waals surface area contributed by atoms with Crippen molar-refractivity contribution in [3.05, 3.63) is 108 Å². The van der Waals surface area contributed by atoms with E-state index in [1.807, 2.05) is 48.5 Å². The minimum absolute atomic E-state index is 0.135. The summed E-state index contributed by atoms with van der Waals surface area (Å²) in [6, 6.07) is 18.0. The zero-order chi connectivity index (χ0) is 36.8. The number of benzene rings is 2. The van der Waals surface area contributed by atoms with Gasteiger partial charge in [0.1, 0.15) is 17.6 Å². The number of amides is 3. The summed E-state index contributed by atoms with van der Waals surface area (Å²) in [4.78, 5) is 47.6. The largest absolute Gasteiger partial charge is 0.433 e. The van der Waals surface area contributed by atoms with Gasteiger partial charge >= 0.3 is 6.18 Å². The number of likely N-dealkylation sites (N-methyl/N-ethyl adjacent to an activating group) is 1. The van der Waals surface area contributed by atoms with Crippen LogP contribution in [-0.2, 0) is 22.2 Å². The number of para-hydroxylation sites is 2. The summed E-state index contributed by atoms with van der Waals surface area (Å²) >= 11 is 0. The van der Waals surface area contributed by atoms with Crippen molar-refractivity contribution in [2.75, 3.05) is 36.4 Å². The number of nitrogens with zero attached hydrogens (tertiary/aromatic N) is 6. The first-order valence-corrected chi connectivity index (χ1v) is 16.1. The fraction of sp³-hybridized carbons (Fsp3) is 0.314. The maximum atomic E-state index is 13.1. The van der Waals surface area contributed by atoms with E-state index in [2.05, 4.69) is 25.7 Å². The van der Waals surface area contributed by atoms with Crippen molar-refractivity contribution in [1.82, 2.24) is 30.0 Å². The number of hydrogen-bond donors (Lipinski definition) is 2. The van der Waals surface area contributed by atoms with Gasteiger partial charge in [0.2, 0.25) is 5.82 Å². The third-order valence-electron chi connectivity index (χ3n) is 8.15. The topological polar surface area (TPSA) is 125 Å². The van der Waals surface area contributed by atoms with Crippen molar-refractivity contribution in [2.45, 2.75) is 44.8 Å². The Bertz CT molecular complexity index is 1880. The molecule has 0 radical (unpaired) electrons. The molecule has 2 N–H and O–H groups in total. The van der Waals surface area contributed by atoms with Crippen LogP contribution in [0.15, 0.2) is 90.8 Å². The number of likely N-dealkylation sites (tertiary alicyclic amines) is 1. The molecule has 16 heteroatoms. The highest BCUT2D eigenvalue weighted by molar-refractivity contribution is 6.04. The molecule has 4 heterocycles. The zero-order valence-corrected chi connectivity index (χ0v) is 27.7. The molecule has 51 heavy (non-hydrogen) atoms. The van der Waals surface area contributed by atoms with Gasteiger partial charge in [-0.2, -0.15) is 18.3 Å². The standard InChI is InChI=1S/C20H17F3N6O2.C15H18F2N2O/c1-2-28-18-12(11-25-29(18)13-6-4-3-5-7-13)10-14(19(28)31)26-17(30)16-24-9-8-15(27-16)20(21,22)23;1-2-12(10-19-9-8-15(16,17)11-19)14(20)18-13-6-4-3-5-7-13/h3-9,11,14H,2,10H2,1H3,(H,26,30);2-7H,8-11H2,1H3,(H,18,20)/b;12-2+. The van der Waals surface area contributed by atoms with Crippen molar-refractivity contribution in [2.24, 2.45) is 0 Å². The molecule has 2 aliphatic heterocycles. The number of halogens is 5. The number of carbonyl (C=O) groups excluding carboxylic acids is 3. The highest BCUT2D eigenvalue weighted by Crippen LogP contribution is 2.31. The molecule has 1 atom stereocenters. The van der Waals surface area contributed by atoms with Crippen LogP contribution < -0.4 is 15.5 Å². The quantitative estimate of drug-likeness (QED) is 0.188. The number of aromatic nitrogens is 4. The van der Waals surface area contributed by atoms with Crippen LogP contribution in [0.3, 0.4) is 0 Å². The number of hydrogen-bond acceptors (Lipinski definition) is 7. The Labute approximate surface area is 290 Å². The Kier molecular flexibility index (Phi) is 11.2. The van der Waals surface area contributed by atoms with Gasteiger partial charge in [0.15, 0.2) is 0 Å². The average molecular weight is 711 g/mol. The van der Waals surface area contributed by atoms with Crippen LogP contribution >= 0.6 is 0 Å². The number of nitrogens with one attached hydrogen (secondary N) is 2. The van der Waals surface area contributed by atoms with Gasteiger partial charge in [-0.1, -0.05) is 42.5 Å². The van der Waals surface area contributed by atoms with E-state index in [4.69, 9.17) is 0 Å². The van der Waals surface area contributed by atoms with Crippen molar-refractivity contribution >= 4 is 29.2 Å². The molecule has 0 aliphatic carbocycles. The Balaban J connectivity index is 0.000000218. The van der Waals surface area contributed by atoms with E-state index in [1.54, 1.807) is 47.8 Å². The third kappa shape index (κ3) is 9.00. The summed E-state index contributed by atoms with van der Waals surface area (Å²) in [7, 11) is 0. The average Bonchev–Trinajstić information content (AvgIpc) is 3.70. The maximum Gasteiger partial charge on any atom is 0.433 e. The number of rotatable bonds is 8. The van der Waals surface area contributed by atoms with Gasteiger partial charge in [-0.15, -0.1) is 0 Å². The normalized spacial score (nSPS) is 17.3. The molecule has 0 saturated carbocycles. The second-order valence-electron chi connectivity index (χ2n) is 11.8. The van der Waals surface area contributed by atoms with Gasteiger partial charge in [0.05, 0.1) is 18.4 Å². The van der Waals surface area contributed by atoms with E-state index in [-0.39, 0.29) is 31.8 Å². The van der Waals surface area contributed by atoms with Crippen LogP contribution in [0.5, 0.6) is 0 Å². The van der Waals surface area contributed by atoms with Crippen LogP contribution in [0.4, 0.5) is 33.5 Å². The zero-order valence-electron chi connectivity index (χ0n) is 27.7. The first-order chi connectivity index (χ1) is 24.3. The Morgan fingerprint density at radius 3 is 2.33 bits per heavy atom. The van der Waals surface area contributed by atoms with Gasteiger partial charge in [0, 0.05) is 55.5 Å². The predicted molar refractivity (Wildman–Crippen MR) is 178 cm³/mol. The van der Waals surface area contributed by atoms with Crippen LogP contribution in [0.25, 0.3) is 5.69 Å². The first-order valence-electron chi connectivity index (χ1n) is 16.1. The summed E-state index contributed by atoms with van der Waals surface area (Å²) in [5, 5.41) is 9.60. The molecule has 3 amide bonds.